The molecule has 0 aromatic heterocycles. The highest BCUT2D eigenvalue weighted by Crippen LogP contribution is 2.26. The molecule has 0 bridgehead atoms. The third-order valence-corrected chi connectivity index (χ3v) is 3.28. The van der Waals surface area contributed by atoms with Gasteiger partial charge in [-0.15, -0.1) is 0 Å². The fraction of sp³-hybridized carbons (Fsp3) is 0.818. The molecule has 2 unspecified atom stereocenters. The van der Waals surface area contributed by atoms with E-state index in [1.54, 1.807) is 0 Å². The molecule has 1 aliphatic heterocycles. The van der Waals surface area contributed by atoms with Gasteiger partial charge in [0.25, 0.3) is 0 Å². The van der Waals surface area contributed by atoms with Gasteiger partial charge in [-0.1, -0.05) is 32.5 Å². The summed E-state index contributed by atoms with van der Waals surface area (Å²) >= 11 is 5.32. The average Bonchev–Trinajstić information content (AvgIpc) is 2.53. The topological polar surface area (TPSA) is 27.0 Å². The minimum Gasteiger partial charge on any atom is -0.347 e. The van der Waals surface area contributed by atoms with Gasteiger partial charge in [-0.2, -0.15) is 5.26 Å². The van der Waals surface area contributed by atoms with Crippen molar-refractivity contribution in [3.8, 4) is 6.07 Å². The number of nitriles is 1. The molecule has 1 rings (SSSR count). The van der Waals surface area contributed by atoms with Crippen LogP contribution in [0.1, 0.15) is 46.0 Å². The molecule has 1 saturated heterocycles. The molecule has 1 aliphatic rings. The summed E-state index contributed by atoms with van der Waals surface area (Å²) in [5, 5.41) is 9.04. The molecule has 0 N–H and O–H groups in total. The summed E-state index contributed by atoms with van der Waals surface area (Å²) in [6.45, 7) is 4.24. The molecular formula is C11H18N2S. The van der Waals surface area contributed by atoms with E-state index in [2.05, 4.69) is 24.8 Å². The minimum atomic E-state index is 0.00144. The predicted octanol–water partition coefficient (Wildman–Crippen LogP) is 2.88. The molecule has 2 nitrogen and oxygen atoms in total. The van der Waals surface area contributed by atoms with E-state index < -0.39 is 0 Å². The van der Waals surface area contributed by atoms with Crippen molar-refractivity contribution >= 4 is 17.2 Å². The van der Waals surface area contributed by atoms with Gasteiger partial charge < -0.3 is 4.90 Å². The van der Waals surface area contributed by atoms with Crippen molar-refractivity contribution in [2.45, 2.75) is 58.0 Å². The van der Waals surface area contributed by atoms with Gasteiger partial charge in [0.1, 0.15) is 6.04 Å². The molecule has 3 heteroatoms. The zero-order valence-corrected chi connectivity index (χ0v) is 9.81. The first-order chi connectivity index (χ1) is 6.74. The molecule has 0 spiro atoms. The molecule has 2 atom stereocenters. The Morgan fingerprint density at radius 2 is 2.36 bits per heavy atom. The smallest absolute Gasteiger partial charge is 0.117 e. The molecule has 1 fully saturated rings. The van der Waals surface area contributed by atoms with Crippen LogP contribution < -0.4 is 0 Å². The third kappa shape index (κ3) is 2.24. The van der Waals surface area contributed by atoms with Crippen molar-refractivity contribution in [3.63, 3.8) is 0 Å². The van der Waals surface area contributed by atoms with Gasteiger partial charge >= 0.3 is 0 Å². The summed E-state index contributed by atoms with van der Waals surface area (Å²) < 4.78 is 0. The molecule has 0 radical (unpaired) electrons. The van der Waals surface area contributed by atoms with E-state index in [1.807, 2.05) is 0 Å². The summed E-state index contributed by atoms with van der Waals surface area (Å²) in [4.78, 5) is 3.18. The zero-order valence-electron chi connectivity index (χ0n) is 8.99. The zero-order chi connectivity index (χ0) is 10.6. The molecular weight excluding hydrogens is 192 g/mol. The number of hydrogen-bond acceptors (Lipinski definition) is 2. The summed E-state index contributed by atoms with van der Waals surface area (Å²) in [6, 6.07) is 2.88. The van der Waals surface area contributed by atoms with Gasteiger partial charge in [0.2, 0.25) is 0 Å². The highest BCUT2D eigenvalue weighted by atomic mass is 32.1. The number of thiocarbonyl (C=S) groups is 1. The SMILES string of the molecule is CCCC1CCC(=S)N1C(C#N)CC. The Balaban J connectivity index is 2.71. The second-order valence-electron chi connectivity index (χ2n) is 3.84. The highest BCUT2D eigenvalue weighted by molar-refractivity contribution is 7.80. The van der Waals surface area contributed by atoms with Crippen LogP contribution in [-0.2, 0) is 0 Å². The largest absolute Gasteiger partial charge is 0.347 e. The maximum Gasteiger partial charge on any atom is 0.117 e. The van der Waals surface area contributed by atoms with Crippen LogP contribution in [0.4, 0.5) is 0 Å². The van der Waals surface area contributed by atoms with Gasteiger partial charge in [-0.25, -0.2) is 0 Å². The number of hydrogen-bond donors (Lipinski definition) is 0. The first-order valence-corrected chi connectivity index (χ1v) is 5.86. The second kappa shape index (κ2) is 5.31. The Morgan fingerprint density at radius 1 is 1.64 bits per heavy atom. The van der Waals surface area contributed by atoms with Crippen molar-refractivity contribution in [2.24, 2.45) is 0 Å². The average molecular weight is 210 g/mol. The summed E-state index contributed by atoms with van der Waals surface area (Å²) in [5.74, 6) is 0. The van der Waals surface area contributed by atoms with E-state index in [0.717, 1.165) is 24.3 Å². The summed E-state index contributed by atoms with van der Waals surface area (Å²) in [5.41, 5.74) is 0. The molecule has 14 heavy (non-hydrogen) atoms. The Hall–Kier alpha value is -0.620. The maximum absolute atomic E-state index is 9.04. The molecule has 0 aromatic rings. The van der Waals surface area contributed by atoms with Crippen molar-refractivity contribution in [3.05, 3.63) is 0 Å². The van der Waals surface area contributed by atoms with Crippen LogP contribution in [-0.4, -0.2) is 22.0 Å². The predicted molar refractivity (Wildman–Crippen MR) is 62.1 cm³/mol. The van der Waals surface area contributed by atoms with Gasteiger partial charge in [0, 0.05) is 6.04 Å². The first-order valence-electron chi connectivity index (χ1n) is 5.45. The van der Waals surface area contributed by atoms with Crippen LogP contribution >= 0.6 is 12.2 Å². The minimum absolute atomic E-state index is 0.00144. The number of likely N-dealkylation sites (tertiary alicyclic amines) is 1. The van der Waals surface area contributed by atoms with Crippen molar-refractivity contribution in [1.82, 2.24) is 4.90 Å². The quantitative estimate of drug-likeness (QED) is 0.668. The molecule has 78 valence electrons. The van der Waals surface area contributed by atoms with Gasteiger partial charge in [0.15, 0.2) is 0 Å². The van der Waals surface area contributed by atoms with E-state index in [4.69, 9.17) is 17.5 Å². The lowest BCUT2D eigenvalue weighted by Gasteiger charge is -2.30. The second-order valence-corrected chi connectivity index (χ2v) is 4.31. The van der Waals surface area contributed by atoms with E-state index in [1.165, 1.54) is 12.8 Å². The molecule has 1 heterocycles. The van der Waals surface area contributed by atoms with Crippen LogP contribution in [0.5, 0.6) is 0 Å². The fourth-order valence-corrected chi connectivity index (χ4v) is 2.55. The van der Waals surface area contributed by atoms with Crippen LogP contribution in [0.3, 0.4) is 0 Å². The van der Waals surface area contributed by atoms with E-state index in [0.29, 0.717) is 6.04 Å². The van der Waals surface area contributed by atoms with E-state index >= 15 is 0 Å². The number of nitrogens with zero attached hydrogens (tertiary/aromatic N) is 2. The Bertz CT molecular complexity index is 244. The lowest BCUT2D eigenvalue weighted by Crippen LogP contribution is -2.40. The Morgan fingerprint density at radius 3 is 2.86 bits per heavy atom. The van der Waals surface area contributed by atoms with Crippen LogP contribution in [0.15, 0.2) is 0 Å². The molecule has 0 amide bonds. The summed E-state index contributed by atoms with van der Waals surface area (Å²) in [6.07, 6.45) is 5.35. The summed E-state index contributed by atoms with van der Waals surface area (Å²) in [7, 11) is 0. The van der Waals surface area contributed by atoms with Crippen LogP contribution in [0.2, 0.25) is 0 Å². The lowest BCUT2D eigenvalue weighted by molar-refractivity contribution is 0.278. The van der Waals surface area contributed by atoms with Crippen molar-refractivity contribution in [2.75, 3.05) is 0 Å². The first kappa shape index (κ1) is 11.5. The van der Waals surface area contributed by atoms with Crippen LogP contribution in [0, 0.1) is 11.3 Å². The van der Waals surface area contributed by atoms with Gasteiger partial charge in [-0.3, -0.25) is 0 Å². The van der Waals surface area contributed by atoms with Gasteiger partial charge in [0.05, 0.1) is 11.1 Å². The van der Waals surface area contributed by atoms with Gasteiger partial charge in [-0.05, 0) is 25.7 Å². The van der Waals surface area contributed by atoms with Crippen molar-refractivity contribution in [1.29, 1.82) is 5.26 Å². The molecule has 0 saturated carbocycles. The monoisotopic (exact) mass is 210 g/mol. The Labute approximate surface area is 91.9 Å². The van der Waals surface area contributed by atoms with Crippen molar-refractivity contribution < 1.29 is 0 Å². The highest BCUT2D eigenvalue weighted by Gasteiger charge is 2.31. The van der Waals surface area contributed by atoms with E-state index in [9.17, 15) is 0 Å². The van der Waals surface area contributed by atoms with E-state index in [-0.39, 0.29) is 6.04 Å². The number of rotatable bonds is 4. The van der Waals surface area contributed by atoms with Crippen LogP contribution in [0.25, 0.3) is 0 Å². The third-order valence-electron chi connectivity index (χ3n) is 2.87. The standard InChI is InChI=1S/C11H18N2S/c1-3-5-10-6-7-11(14)13(10)9(4-2)8-12/h9-10H,3-7H2,1-2H3. The normalized spacial score (nSPS) is 23.6. The maximum atomic E-state index is 9.04. The Kier molecular flexibility index (Phi) is 4.34. The molecule has 0 aromatic carbocycles. The lowest BCUT2D eigenvalue weighted by atomic mass is 10.1. The fourth-order valence-electron chi connectivity index (χ4n) is 2.16. The molecule has 0 aliphatic carbocycles.